The summed E-state index contributed by atoms with van der Waals surface area (Å²) in [4.78, 5) is 33.0. The van der Waals surface area contributed by atoms with Gasteiger partial charge in [0.1, 0.15) is 16.9 Å². The average molecular weight is 448 g/mol. The number of ketones is 1. The summed E-state index contributed by atoms with van der Waals surface area (Å²) in [6.45, 7) is 12.8. The molecular formula is C27H33N3O3. The lowest BCUT2D eigenvalue weighted by Crippen LogP contribution is -2.83. The summed E-state index contributed by atoms with van der Waals surface area (Å²) in [5.41, 5.74) is 2.85. The smallest absolute Gasteiger partial charge is 0.241 e. The third-order valence-electron chi connectivity index (χ3n) is 9.93. The Bertz CT molecular complexity index is 1270. The Morgan fingerprint density at radius 1 is 1.12 bits per heavy atom. The molecule has 6 heteroatoms. The zero-order chi connectivity index (χ0) is 23.1. The van der Waals surface area contributed by atoms with Crippen LogP contribution in [0.4, 0.5) is 0 Å². The molecule has 6 aliphatic rings. The van der Waals surface area contributed by atoms with E-state index in [4.69, 9.17) is 4.74 Å². The van der Waals surface area contributed by atoms with Crippen molar-refractivity contribution in [2.45, 2.75) is 82.4 Å². The number of hydrogen-bond acceptors (Lipinski definition) is 4. The molecule has 1 aromatic carbocycles. The van der Waals surface area contributed by atoms with Crippen LogP contribution in [-0.4, -0.2) is 51.3 Å². The maximum absolute atomic E-state index is 13.5. The number of ether oxygens (including phenoxy) is 1. The van der Waals surface area contributed by atoms with Gasteiger partial charge in [-0.1, -0.05) is 20.8 Å². The number of carbonyl (C=O) groups excluding carboxylic acids is 2. The molecule has 4 atom stereocenters. The highest BCUT2D eigenvalue weighted by atomic mass is 16.5. The van der Waals surface area contributed by atoms with Gasteiger partial charge < -0.3 is 15.0 Å². The van der Waals surface area contributed by atoms with Crippen LogP contribution in [0.3, 0.4) is 0 Å². The number of fused-ring (bicyclic) bond motifs is 6. The van der Waals surface area contributed by atoms with Crippen LogP contribution in [0.2, 0.25) is 0 Å². The van der Waals surface area contributed by atoms with E-state index >= 15 is 0 Å². The van der Waals surface area contributed by atoms with Crippen molar-refractivity contribution in [3.8, 4) is 5.75 Å². The second-order valence-corrected chi connectivity index (χ2v) is 12.6. The van der Waals surface area contributed by atoms with Gasteiger partial charge >= 0.3 is 0 Å². The molecule has 4 saturated heterocycles. The topological polar surface area (TPSA) is 74.4 Å². The van der Waals surface area contributed by atoms with Gasteiger partial charge in [-0.25, -0.2) is 0 Å². The van der Waals surface area contributed by atoms with E-state index in [1.54, 1.807) is 0 Å². The molecule has 1 aliphatic carbocycles. The highest BCUT2D eigenvalue weighted by Gasteiger charge is 2.70. The molecule has 0 saturated carbocycles. The lowest BCUT2D eigenvalue weighted by Gasteiger charge is -2.66. The van der Waals surface area contributed by atoms with Gasteiger partial charge in [0, 0.05) is 23.0 Å². The highest BCUT2D eigenvalue weighted by Crippen LogP contribution is 2.60. The maximum atomic E-state index is 13.5. The molecule has 4 fully saturated rings. The number of H-pyrrole nitrogens is 1. The van der Waals surface area contributed by atoms with Crippen molar-refractivity contribution in [3.05, 3.63) is 29.0 Å². The standard InChI is InChI=1S/C27H33N3O3/c1-14-8-9-30-13-26-10-16-15-6-7-18-20(17(31)11-24(2,3)33-18)21(15)28-22(16)25(4,5)19(26)12-27(14,30)23(32)29-26/h6-7,14,19,28H,8-13H2,1-5H3,(H,29,32)/t14-,19-,26+,27-/m0/s1. The van der Waals surface area contributed by atoms with Gasteiger partial charge in [0.05, 0.1) is 23.0 Å². The molecule has 6 nitrogen and oxygen atoms in total. The maximum Gasteiger partial charge on any atom is 0.241 e. The molecular weight excluding hydrogens is 414 g/mol. The van der Waals surface area contributed by atoms with Gasteiger partial charge in [0.2, 0.25) is 5.91 Å². The number of piperidine rings is 2. The fourth-order valence-corrected chi connectivity index (χ4v) is 8.39. The Balaban J connectivity index is 1.43. The van der Waals surface area contributed by atoms with E-state index in [1.807, 2.05) is 19.9 Å². The number of aromatic nitrogens is 1. The second-order valence-electron chi connectivity index (χ2n) is 12.6. The fourth-order valence-electron chi connectivity index (χ4n) is 8.39. The minimum Gasteiger partial charge on any atom is -0.487 e. The summed E-state index contributed by atoms with van der Waals surface area (Å²) in [7, 11) is 0. The Labute approximate surface area is 194 Å². The number of nitrogens with zero attached hydrogens (tertiary/aromatic N) is 1. The largest absolute Gasteiger partial charge is 0.487 e. The van der Waals surface area contributed by atoms with Crippen molar-refractivity contribution in [2.75, 3.05) is 13.1 Å². The number of aromatic amines is 1. The van der Waals surface area contributed by atoms with E-state index in [1.165, 1.54) is 11.3 Å². The zero-order valence-corrected chi connectivity index (χ0v) is 20.2. The molecule has 1 aromatic heterocycles. The number of rotatable bonds is 0. The summed E-state index contributed by atoms with van der Waals surface area (Å²) in [5.74, 6) is 1.78. The summed E-state index contributed by atoms with van der Waals surface area (Å²) in [6.07, 6.45) is 3.19. The van der Waals surface area contributed by atoms with Crippen molar-refractivity contribution < 1.29 is 14.3 Å². The van der Waals surface area contributed by atoms with Crippen LogP contribution in [-0.2, 0) is 16.6 Å². The third kappa shape index (κ3) is 2.20. The Kier molecular flexibility index (Phi) is 3.44. The van der Waals surface area contributed by atoms with Crippen molar-refractivity contribution in [1.82, 2.24) is 15.2 Å². The Morgan fingerprint density at radius 3 is 2.70 bits per heavy atom. The number of nitrogens with one attached hydrogen (secondary N) is 2. The molecule has 6 heterocycles. The first kappa shape index (κ1) is 20.1. The quantitative estimate of drug-likeness (QED) is 0.646. The van der Waals surface area contributed by atoms with E-state index in [9.17, 15) is 9.59 Å². The Morgan fingerprint density at radius 2 is 1.91 bits per heavy atom. The van der Waals surface area contributed by atoms with E-state index in [2.05, 4.69) is 42.0 Å². The van der Waals surface area contributed by atoms with E-state index in [-0.39, 0.29) is 28.2 Å². The van der Waals surface area contributed by atoms with Crippen LogP contribution < -0.4 is 10.1 Å². The van der Waals surface area contributed by atoms with Crippen LogP contribution >= 0.6 is 0 Å². The first-order valence-corrected chi connectivity index (χ1v) is 12.5. The van der Waals surface area contributed by atoms with Crippen molar-refractivity contribution in [2.24, 2.45) is 11.8 Å². The minimum absolute atomic E-state index is 0.140. The minimum atomic E-state index is -0.484. The second kappa shape index (κ2) is 5.65. The predicted molar refractivity (Wildman–Crippen MR) is 126 cm³/mol. The normalized spacial score (nSPS) is 37.7. The molecule has 1 amide bonds. The molecule has 2 aromatic rings. The zero-order valence-electron chi connectivity index (χ0n) is 20.2. The molecule has 174 valence electrons. The van der Waals surface area contributed by atoms with Crippen LogP contribution in [0, 0.1) is 11.8 Å². The summed E-state index contributed by atoms with van der Waals surface area (Å²) >= 11 is 0. The van der Waals surface area contributed by atoms with E-state index in [0.717, 1.165) is 43.3 Å². The summed E-state index contributed by atoms with van der Waals surface area (Å²) in [6, 6.07) is 4.08. The van der Waals surface area contributed by atoms with Crippen LogP contribution in [0.15, 0.2) is 12.1 Å². The van der Waals surface area contributed by atoms with Gasteiger partial charge in [0.15, 0.2) is 5.78 Å². The number of Topliss-reactive ketones (excluding diaryl/α,β-unsaturated/α-hetero) is 1. The molecule has 33 heavy (non-hydrogen) atoms. The fraction of sp³-hybridized carbons (Fsp3) is 0.630. The molecule has 8 rings (SSSR count). The van der Waals surface area contributed by atoms with Gasteiger partial charge in [-0.2, -0.15) is 0 Å². The molecule has 5 aliphatic heterocycles. The highest BCUT2D eigenvalue weighted by molar-refractivity contribution is 6.11. The summed E-state index contributed by atoms with van der Waals surface area (Å²) in [5, 5.41) is 4.68. The molecule has 2 bridgehead atoms. The summed E-state index contributed by atoms with van der Waals surface area (Å²) < 4.78 is 6.19. The molecule has 0 unspecified atom stereocenters. The van der Waals surface area contributed by atoms with Crippen LogP contribution in [0.1, 0.15) is 75.5 Å². The monoisotopic (exact) mass is 447 g/mol. The SMILES string of the molecule is C[C@H]1CCN2C[C@]34Cc5c([nH]c6c7c(ccc56)OC(C)(C)CC7=O)C(C)(C)[C@@H]3C[C@@]12C(=O)N4. The van der Waals surface area contributed by atoms with E-state index in [0.29, 0.717) is 29.6 Å². The van der Waals surface area contributed by atoms with Crippen molar-refractivity contribution in [3.63, 3.8) is 0 Å². The number of carbonyl (C=O) groups is 2. The number of benzene rings is 1. The average Bonchev–Trinajstić information content (AvgIpc) is 3.24. The molecule has 2 N–H and O–H groups in total. The lowest BCUT2D eigenvalue weighted by atomic mass is 9.51. The predicted octanol–water partition coefficient (Wildman–Crippen LogP) is 3.71. The van der Waals surface area contributed by atoms with Crippen molar-refractivity contribution >= 4 is 22.6 Å². The first-order chi connectivity index (χ1) is 15.5. The van der Waals surface area contributed by atoms with Crippen molar-refractivity contribution in [1.29, 1.82) is 0 Å². The van der Waals surface area contributed by atoms with Crippen LogP contribution in [0.5, 0.6) is 5.75 Å². The molecule has 0 radical (unpaired) electrons. The number of amides is 1. The van der Waals surface area contributed by atoms with E-state index < -0.39 is 5.60 Å². The number of piperazine rings is 1. The first-order valence-electron chi connectivity index (χ1n) is 12.5. The van der Waals surface area contributed by atoms with Gasteiger partial charge in [-0.05, 0) is 69.2 Å². The van der Waals surface area contributed by atoms with Gasteiger partial charge in [-0.3, -0.25) is 14.5 Å². The molecule has 2 spiro atoms. The third-order valence-corrected chi connectivity index (χ3v) is 9.93. The lowest BCUT2D eigenvalue weighted by molar-refractivity contribution is -0.164. The number of hydrogen-bond donors (Lipinski definition) is 2. The van der Waals surface area contributed by atoms with Crippen LogP contribution in [0.25, 0.3) is 10.9 Å². The van der Waals surface area contributed by atoms with Gasteiger partial charge in [-0.15, -0.1) is 0 Å². The Hall–Kier alpha value is -2.34. The van der Waals surface area contributed by atoms with Gasteiger partial charge in [0.25, 0.3) is 0 Å².